The van der Waals surface area contributed by atoms with Gasteiger partial charge in [-0.15, -0.1) is 0 Å². The van der Waals surface area contributed by atoms with E-state index in [9.17, 15) is 8.42 Å². The highest BCUT2D eigenvalue weighted by Crippen LogP contribution is 2.25. The predicted octanol–water partition coefficient (Wildman–Crippen LogP) is 3.19. The highest BCUT2D eigenvalue weighted by Gasteiger charge is 2.20. The van der Waals surface area contributed by atoms with E-state index in [1.807, 2.05) is 6.07 Å². The fourth-order valence-electron chi connectivity index (χ4n) is 2.52. The normalized spacial score (nSPS) is 11.0. The van der Waals surface area contributed by atoms with Crippen molar-refractivity contribution in [1.29, 1.82) is 5.26 Å². The molecule has 0 amide bonds. The molecule has 3 aromatic rings. The van der Waals surface area contributed by atoms with Crippen molar-refractivity contribution in [1.82, 2.24) is 4.98 Å². The molecule has 0 radical (unpaired) electrons. The number of aromatic nitrogens is 1. The van der Waals surface area contributed by atoms with Crippen LogP contribution in [0.25, 0.3) is 11.5 Å². The number of oxazole rings is 1. The van der Waals surface area contributed by atoms with E-state index in [0.29, 0.717) is 28.6 Å². The standard InChI is InChI=1S/C19H17N3O4S/c1-25-18-8-6-15(7-9-18)19-21-16(13-26-19)12-22(27(2,23)24)17-5-3-4-14(10-17)11-20/h3-10,13H,12H2,1-2H3. The van der Waals surface area contributed by atoms with Gasteiger partial charge in [0.15, 0.2) is 0 Å². The van der Waals surface area contributed by atoms with Crippen LogP contribution in [0.15, 0.2) is 59.2 Å². The van der Waals surface area contributed by atoms with Gasteiger partial charge in [0.05, 0.1) is 37.2 Å². The van der Waals surface area contributed by atoms with Crippen LogP contribution < -0.4 is 9.04 Å². The SMILES string of the molecule is COc1ccc(-c2nc(CN(c3cccc(C#N)c3)S(C)(=O)=O)co2)cc1. The second-order valence-corrected chi connectivity index (χ2v) is 7.71. The molecule has 0 aliphatic rings. The maximum atomic E-state index is 12.3. The number of hydrogen-bond donors (Lipinski definition) is 0. The second-order valence-electron chi connectivity index (χ2n) is 5.80. The number of methoxy groups -OCH3 is 1. The number of rotatable bonds is 6. The highest BCUT2D eigenvalue weighted by molar-refractivity contribution is 7.92. The maximum Gasteiger partial charge on any atom is 0.232 e. The molecule has 0 N–H and O–H groups in total. The molecular formula is C19H17N3O4S. The Balaban J connectivity index is 1.89. The third kappa shape index (κ3) is 4.27. The Morgan fingerprint density at radius 2 is 1.96 bits per heavy atom. The third-order valence-corrected chi connectivity index (χ3v) is 5.00. The van der Waals surface area contributed by atoms with Gasteiger partial charge in [0.2, 0.25) is 15.9 Å². The summed E-state index contributed by atoms with van der Waals surface area (Å²) in [4.78, 5) is 4.38. The maximum absolute atomic E-state index is 12.3. The van der Waals surface area contributed by atoms with E-state index in [4.69, 9.17) is 14.4 Å². The zero-order valence-electron chi connectivity index (χ0n) is 14.8. The van der Waals surface area contributed by atoms with E-state index in [1.54, 1.807) is 49.6 Å². The first-order chi connectivity index (χ1) is 12.9. The predicted molar refractivity (Wildman–Crippen MR) is 101 cm³/mol. The summed E-state index contributed by atoms with van der Waals surface area (Å²) in [5.41, 5.74) is 1.97. The lowest BCUT2D eigenvalue weighted by atomic mass is 10.2. The van der Waals surface area contributed by atoms with E-state index in [-0.39, 0.29) is 6.54 Å². The van der Waals surface area contributed by atoms with Crippen LogP contribution in [0, 0.1) is 11.3 Å². The first kappa shape index (κ1) is 18.5. The first-order valence-electron chi connectivity index (χ1n) is 7.97. The molecule has 0 saturated carbocycles. The zero-order chi connectivity index (χ0) is 19.4. The summed E-state index contributed by atoms with van der Waals surface area (Å²) in [7, 11) is -2.00. The van der Waals surface area contributed by atoms with E-state index >= 15 is 0 Å². The number of sulfonamides is 1. The summed E-state index contributed by atoms with van der Waals surface area (Å²) in [6.45, 7) is -0.00658. The van der Waals surface area contributed by atoms with E-state index < -0.39 is 10.0 Å². The number of nitriles is 1. The molecule has 138 valence electrons. The van der Waals surface area contributed by atoms with Gasteiger partial charge in [-0.25, -0.2) is 13.4 Å². The van der Waals surface area contributed by atoms with Gasteiger partial charge in [-0.3, -0.25) is 4.31 Å². The molecule has 0 unspecified atom stereocenters. The average molecular weight is 383 g/mol. The highest BCUT2D eigenvalue weighted by atomic mass is 32.2. The molecule has 0 saturated heterocycles. The van der Waals surface area contributed by atoms with Crippen LogP contribution in [-0.2, 0) is 16.6 Å². The Morgan fingerprint density at radius 3 is 2.59 bits per heavy atom. The van der Waals surface area contributed by atoms with Crippen molar-refractivity contribution in [3.8, 4) is 23.3 Å². The second kappa shape index (κ2) is 7.51. The fraction of sp³-hybridized carbons (Fsp3) is 0.158. The Labute approximate surface area is 157 Å². The van der Waals surface area contributed by atoms with Crippen molar-refractivity contribution < 1.29 is 17.6 Å². The lowest BCUT2D eigenvalue weighted by Gasteiger charge is -2.21. The Hall–Kier alpha value is -3.31. The molecule has 0 aliphatic carbocycles. The van der Waals surface area contributed by atoms with Gasteiger partial charge in [0.1, 0.15) is 17.7 Å². The van der Waals surface area contributed by atoms with Crippen molar-refractivity contribution in [2.24, 2.45) is 0 Å². The molecule has 0 spiro atoms. The van der Waals surface area contributed by atoms with Gasteiger partial charge in [-0.1, -0.05) is 6.07 Å². The van der Waals surface area contributed by atoms with Gasteiger partial charge in [-0.05, 0) is 42.5 Å². The largest absolute Gasteiger partial charge is 0.497 e. The number of benzene rings is 2. The molecule has 3 rings (SSSR count). The van der Waals surface area contributed by atoms with Crippen molar-refractivity contribution in [2.45, 2.75) is 6.54 Å². The average Bonchev–Trinajstić information content (AvgIpc) is 3.14. The van der Waals surface area contributed by atoms with Crippen LogP contribution in [0.5, 0.6) is 5.75 Å². The minimum absolute atomic E-state index is 0.00658. The fourth-order valence-corrected chi connectivity index (χ4v) is 3.39. The summed E-state index contributed by atoms with van der Waals surface area (Å²) in [6.07, 6.45) is 2.53. The van der Waals surface area contributed by atoms with Crippen molar-refractivity contribution in [3.63, 3.8) is 0 Å². The van der Waals surface area contributed by atoms with E-state index in [1.165, 1.54) is 16.6 Å². The Kier molecular flexibility index (Phi) is 5.14. The number of ether oxygens (including phenoxy) is 1. The minimum atomic E-state index is -3.58. The van der Waals surface area contributed by atoms with Crippen LogP contribution >= 0.6 is 0 Å². The van der Waals surface area contributed by atoms with Gasteiger partial charge in [-0.2, -0.15) is 5.26 Å². The first-order valence-corrected chi connectivity index (χ1v) is 9.82. The van der Waals surface area contributed by atoms with Crippen LogP contribution in [-0.4, -0.2) is 26.8 Å². The van der Waals surface area contributed by atoms with E-state index in [2.05, 4.69) is 4.98 Å². The lowest BCUT2D eigenvalue weighted by Crippen LogP contribution is -2.29. The molecule has 8 heteroatoms. The number of anilines is 1. The van der Waals surface area contributed by atoms with E-state index in [0.717, 1.165) is 11.8 Å². The lowest BCUT2D eigenvalue weighted by molar-refractivity contribution is 0.415. The van der Waals surface area contributed by atoms with Crippen LogP contribution in [0.2, 0.25) is 0 Å². The number of nitrogens with zero attached hydrogens (tertiary/aromatic N) is 3. The third-order valence-electron chi connectivity index (χ3n) is 3.86. The molecule has 0 atom stereocenters. The molecule has 1 heterocycles. The van der Waals surface area contributed by atoms with Crippen LogP contribution in [0.4, 0.5) is 5.69 Å². The van der Waals surface area contributed by atoms with Gasteiger partial charge in [0.25, 0.3) is 0 Å². The van der Waals surface area contributed by atoms with Crippen molar-refractivity contribution >= 4 is 15.7 Å². The Morgan fingerprint density at radius 1 is 1.22 bits per heavy atom. The Bertz CT molecular complexity index is 1080. The van der Waals surface area contributed by atoms with Crippen LogP contribution in [0.1, 0.15) is 11.3 Å². The molecule has 0 aliphatic heterocycles. The zero-order valence-corrected chi connectivity index (χ0v) is 15.6. The molecular weight excluding hydrogens is 366 g/mol. The molecule has 2 aromatic carbocycles. The van der Waals surface area contributed by atoms with Crippen molar-refractivity contribution in [3.05, 3.63) is 66.1 Å². The summed E-state index contributed by atoms with van der Waals surface area (Å²) in [5.74, 6) is 1.10. The summed E-state index contributed by atoms with van der Waals surface area (Å²) >= 11 is 0. The number of hydrogen-bond acceptors (Lipinski definition) is 6. The van der Waals surface area contributed by atoms with Crippen molar-refractivity contribution in [2.75, 3.05) is 17.7 Å². The van der Waals surface area contributed by atoms with Gasteiger partial charge >= 0.3 is 0 Å². The monoisotopic (exact) mass is 383 g/mol. The molecule has 1 aromatic heterocycles. The topological polar surface area (TPSA) is 96.4 Å². The molecule has 0 bridgehead atoms. The summed E-state index contributed by atoms with van der Waals surface area (Å²) in [5, 5.41) is 9.05. The minimum Gasteiger partial charge on any atom is -0.497 e. The smallest absolute Gasteiger partial charge is 0.232 e. The molecule has 27 heavy (non-hydrogen) atoms. The summed E-state index contributed by atoms with van der Waals surface area (Å²) < 4.78 is 36.3. The summed E-state index contributed by atoms with van der Waals surface area (Å²) in [6, 6.07) is 15.6. The molecule has 7 nitrogen and oxygen atoms in total. The van der Waals surface area contributed by atoms with Gasteiger partial charge < -0.3 is 9.15 Å². The molecule has 0 fully saturated rings. The quantitative estimate of drug-likeness (QED) is 0.648. The van der Waals surface area contributed by atoms with Crippen LogP contribution in [0.3, 0.4) is 0 Å². The van der Waals surface area contributed by atoms with Gasteiger partial charge in [0, 0.05) is 5.56 Å².